The molecule has 0 bridgehead atoms. The standard InChI is InChI=1S/C21H13Cl2NO5S/c1-10-15(17(24-29-10)16-12(22)7-5-8-13(16)23)20(25)28-18-11-6-3-4-9-14(11)30-19(18)21(26)27-2/h3-9H,1-2H3. The number of carbonyl (C=O) groups is 2. The Bertz CT molecular complexity index is 1270. The Morgan fingerprint density at radius 1 is 1.03 bits per heavy atom. The summed E-state index contributed by atoms with van der Waals surface area (Å²) in [6, 6.07) is 12.1. The number of esters is 2. The number of hydrogen-bond donors (Lipinski definition) is 0. The fourth-order valence-corrected chi connectivity index (χ4v) is 4.63. The van der Waals surface area contributed by atoms with E-state index in [2.05, 4.69) is 5.16 Å². The number of thiophene rings is 1. The normalized spacial score (nSPS) is 10.9. The highest BCUT2D eigenvalue weighted by molar-refractivity contribution is 7.21. The summed E-state index contributed by atoms with van der Waals surface area (Å²) in [5, 5.41) is 5.19. The highest BCUT2D eigenvalue weighted by Gasteiger charge is 2.29. The molecule has 0 radical (unpaired) electrons. The molecule has 0 aliphatic rings. The second-order valence-corrected chi connectivity index (χ2v) is 8.06. The molecule has 0 atom stereocenters. The number of rotatable bonds is 4. The van der Waals surface area contributed by atoms with Gasteiger partial charge in [0.05, 0.1) is 17.2 Å². The van der Waals surface area contributed by atoms with E-state index in [1.54, 1.807) is 37.3 Å². The van der Waals surface area contributed by atoms with Crippen LogP contribution >= 0.6 is 34.5 Å². The number of ether oxygens (including phenoxy) is 2. The summed E-state index contributed by atoms with van der Waals surface area (Å²) in [6.45, 7) is 1.57. The SMILES string of the molecule is COC(=O)c1sc2ccccc2c1OC(=O)c1c(-c2c(Cl)cccc2Cl)noc1C. The zero-order valence-electron chi connectivity index (χ0n) is 15.7. The first-order valence-corrected chi connectivity index (χ1v) is 10.2. The van der Waals surface area contributed by atoms with Gasteiger partial charge in [-0.15, -0.1) is 11.3 Å². The molecular formula is C21H13Cl2NO5S. The van der Waals surface area contributed by atoms with Gasteiger partial charge in [-0.25, -0.2) is 9.59 Å². The Morgan fingerprint density at radius 2 is 1.73 bits per heavy atom. The monoisotopic (exact) mass is 461 g/mol. The number of benzene rings is 2. The molecule has 0 saturated carbocycles. The molecule has 9 heteroatoms. The van der Waals surface area contributed by atoms with E-state index in [0.29, 0.717) is 21.0 Å². The molecule has 6 nitrogen and oxygen atoms in total. The molecule has 0 spiro atoms. The summed E-state index contributed by atoms with van der Waals surface area (Å²) in [4.78, 5) is 25.6. The number of hydrogen-bond acceptors (Lipinski definition) is 7. The van der Waals surface area contributed by atoms with Gasteiger partial charge in [-0.2, -0.15) is 0 Å². The van der Waals surface area contributed by atoms with Crippen LogP contribution in [0.4, 0.5) is 0 Å². The third-order valence-corrected chi connectivity index (χ3v) is 6.14. The summed E-state index contributed by atoms with van der Waals surface area (Å²) < 4.78 is 16.5. The van der Waals surface area contributed by atoms with E-state index >= 15 is 0 Å². The van der Waals surface area contributed by atoms with Crippen molar-refractivity contribution in [1.82, 2.24) is 5.16 Å². The highest BCUT2D eigenvalue weighted by Crippen LogP contribution is 2.40. The number of aromatic nitrogens is 1. The molecule has 0 N–H and O–H groups in total. The van der Waals surface area contributed by atoms with Crippen LogP contribution in [0, 0.1) is 6.92 Å². The molecular weight excluding hydrogens is 449 g/mol. The number of nitrogens with zero attached hydrogens (tertiary/aromatic N) is 1. The van der Waals surface area contributed by atoms with Gasteiger partial charge in [0.1, 0.15) is 17.0 Å². The largest absolute Gasteiger partial charge is 0.465 e. The summed E-state index contributed by atoms with van der Waals surface area (Å²) in [6.07, 6.45) is 0. The third kappa shape index (κ3) is 3.45. The summed E-state index contributed by atoms with van der Waals surface area (Å²) in [5.41, 5.74) is 0.580. The minimum absolute atomic E-state index is 0.0658. The van der Waals surface area contributed by atoms with Crippen LogP contribution in [0.3, 0.4) is 0 Å². The lowest BCUT2D eigenvalue weighted by Crippen LogP contribution is -2.12. The van der Waals surface area contributed by atoms with Crippen LogP contribution in [-0.4, -0.2) is 24.2 Å². The topological polar surface area (TPSA) is 78.6 Å². The van der Waals surface area contributed by atoms with Crippen LogP contribution in [-0.2, 0) is 4.74 Å². The van der Waals surface area contributed by atoms with Crippen molar-refractivity contribution in [3.8, 4) is 17.0 Å². The van der Waals surface area contributed by atoms with Crippen molar-refractivity contribution >= 4 is 56.6 Å². The second-order valence-electron chi connectivity index (χ2n) is 6.20. The van der Waals surface area contributed by atoms with Gasteiger partial charge < -0.3 is 14.0 Å². The average molecular weight is 462 g/mol. The first-order valence-electron chi connectivity index (χ1n) is 8.65. The predicted octanol–water partition coefficient (Wildman–Crippen LogP) is 6.18. The molecule has 0 aliphatic heterocycles. The maximum atomic E-state index is 13.2. The van der Waals surface area contributed by atoms with Crippen molar-refractivity contribution in [3.63, 3.8) is 0 Å². The maximum absolute atomic E-state index is 13.2. The minimum atomic E-state index is -0.756. The molecule has 152 valence electrons. The van der Waals surface area contributed by atoms with Gasteiger partial charge >= 0.3 is 11.9 Å². The molecule has 2 heterocycles. The van der Waals surface area contributed by atoms with E-state index in [4.69, 9.17) is 37.2 Å². The van der Waals surface area contributed by atoms with Gasteiger partial charge in [-0.3, -0.25) is 0 Å². The fraction of sp³-hybridized carbons (Fsp3) is 0.0952. The van der Waals surface area contributed by atoms with E-state index in [-0.39, 0.29) is 27.6 Å². The van der Waals surface area contributed by atoms with Crippen molar-refractivity contribution in [1.29, 1.82) is 0 Å². The maximum Gasteiger partial charge on any atom is 0.351 e. The Kier molecular flexibility index (Phi) is 5.51. The van der Waals surface area contributed by atoms with Crippen molar-refractivity contribution in [3.05, 3.63) is 68.7 Å². The Labute approximate surface area is 184 Å². The van der Waals surface area contributed by atoms with Gasteiger partial charge in [0.25, 0.3) is 0 Å². The Hall–Kier alpha value is -2.87. The molecule has 0 saturated heterocycles. The van der Waals surface area contributed by atoms with Gasteiger partial charge in [-0.1, -0.05) is 46.6 Å². The molecule has 2 aromatic heterocycles. The van der Waals surface area contributed by atoms with E-state index < -0.39 is 11.9 Å². The lowest BCUT2D eigenvalue weighted by Gasteiger charge is -2.08. The van der Waals surface area contributed by atoms with E-state index in [0.717, 1.165) is 4.70 Å². The predicted molar refractivity (Wildman–Crippen MR) is 115 cm³/mol. The zero-order valence-corrected chi connectivity index (χ0v) is 18.0. The van der Waals surface area contributed by atoms with Gasteiger partial charge in [-0.05, 0) is 31.2 Å². The highest BCUT2D eigenvalue weighted by atomic mass is 35.5. The third-order valence-electron chi connectivity index (χ3n) is 4.38. The Balaban J connectivity index is 1.82. The van der Waals surface area contributed by atoms with Gasteiger partial charge in [0.15, 0.2) is 10.6 Å². The minimum Gasteiger partial charge on any atom is -0.465 e. The quantitative estimate of drug-likeness (QED) is 0.337. The molecule has 0 unspecified atom stereocenters. The molecule has 0 fully saturated rings. The first-order chi connectivity index (χ1) is 14.4. The van der Waals surface area contributed by atoms with Crippen LogP contribution in [0.25, 0.3) is 21.3 Å². The van der Waals surface area contributed by atoms with Crippen LogP contribution in [0.5, 0.6) is 5.75 Å². The van der Waals surface area contributed by atoms with Crippen molar-refractivity contribution in [2.45, 2.75) is 6.92 Å². The van der Waals surface area contributed by atoms with Crippen LogP contribution in [0.15, 0.2) is 47.0 Å². The summed E-state index contributed by atoms with van der Waals surface area (Å²) >= 11 is 13.7. The number of halogens is 2. The second kappa shape index (κ2) is 8.10. The molecule has 0 amide bonds. The summed E-state index contributed by atoms with van der Waals surface area (Å²) in [7, 11) is 1.26. The lowest BCUT2D eigenvalue weighted by molar-refractivity contribution is 0.0600. The van der Waals surface area contributed by atoms with Crippen molar-refractivity contribution in [2.75, 3.05) is 7.11 Å². The molecule has 0 aliphatic carbocycles. The number of fused-ring (bicyclic) bond motifs is 1. The van der Waals surface area contributed by atoms with E-state index in [1.807, 2.05) is 12.1 Å². The van der Waals surface area contributed by atoms with Crippen molar-refractivity contribution in [2.24, 2.45) is 0 Å². The van der Waals surface area contributed by atoms with E-state index in [9.17, 15) is 9.59 Å². The van der Waals surface area contributed by atoms with Crippen LogP contribution in [0.2, 0.25) is 10.0 Å². The number of aryl methyl sites for hydroxylation is 1. The van der Waals surface area contributed by atoms with Crippen molar-refractivity contribution < 1.29 is 23.6 Å². The fourth-order valence-electron chi connectivity index (χ4n) is 3.00. The summed E-state index contributed by atoms with van der Waals surface area (Å²) in [5.74, 6) is -1.02. The van der Waals surface area contributed by atoms with Gasteiger partial charge in [0.2, 0.25) is 0 Å². The molecule has 30 heavy (non-hydrogen) atoms. The first kappa shape index (κ1) is 20.4. The van der Waals surface area contributed by atoms with Crippen LogP contribution < -0.4 is 4.74 Å². The number of carbonyl (C=O) groups excluding carboxylic acids is 2. The van der Waals surface area contributed by atoms with Crippen LogP contribution in [0.1, 0.15) is 25.8 Å². The molecule has 4 aromatic rings. The number of methoxy groups -OCH3 is 1. The lowest BCUT2D eigenvalue weighted by atomic mass is 10.1. The smallest absolute Gasteiger partial charge is 0.351 e. The molecule has 4 rings (SSSR count). The zero-order chi connectivity index (χ0) is 21.4. The Morgan fingerprint density at radius 3 is 2.43 bits per heavy atom. The average Bonchev–Trinajstić information content (AvgIpc) is 3.28. The van der Waals surface area contributed by atoms with E-state index in [1.165, 1.54) is 18.4 Å². The molecule has 2 aromatic carbocycles. The van der Waals surface area contributed by atoms with Gasteiger partial charge in [0, 0.05) is 15.6 Å².